The van der Waals surface area contributed by atoms with E-state index in [9.17, 15) is 8.42 Å². The minimum atomic E-state index is -3.09. The molecule has 0 amide bonds. The summed E-state index contributed by atoms with van der Waals surface area (Å²) in [4.78, 5) is 0. The second kappa shape index (κ2) is 4.80. The highest BCUT2D eigenvalue weighted by Crippen LogP contribution is 2.37. The third kappa shape index (κ3) is 2.71. The Balaban J connectivity index is 2.71. The van der Waals surface area contributed by atoms with Gasteiger partial charge in [0.2, 0.25) is 10.0 Å². The number of rotatable bonds is 5. The van der Waals surface area contributed by atoms with Crippen LogP contribution in [0.2, 0.25) is 0 Å². The van der Waals surface area contributed by atoms with Crippen LogP contribution in [0.4, 0.5) is 0 Å². The van der Waals surface area contributed by atoms with Gasteiger partial charge >= 0.3 is 0 Å². The predicted molar refractivity (Wildman–Crippen MR) is 62.0 cm³/mol. The van der Waals surface area contributed by atoms with Crippen molar-refractivity contribution in [2.45, 2.75) is 33.1 Å². The van der Waals surface area contributed by atoms with Crippen LogP contribution in [0.15, 0.2) is 0 Å². The van der Waals surface area contributed by atoms with Gasteiger partial charge in [0.1, 0.15) is 0 Å². The molecule has 0 bridgehead atoms. The molecule has 4 nitrogen and oxygen atoms in total. The zero-order chi connectivity index (χ0) is 11.5. The molecular formula is C10H22N2O2S. The van der Waals surface area contributed by atoms with E-state index < -0.39 is 10.0 Å². The molecule has 0 unspecified atom stereocenters. The van der Waals surface area contributed by atoms with Crippen molar-refractivity contribution >= 4 is 10.0 Å². The molecule has 1 fully saturated rings. The van der Waals surface area contributed by atoms with Crippen molar-refractivity contribution in [3.05, 3.63) is 0 Å². The van der Waals surface area contributed by atoms with E-state index in [0.29, 0.717) is 13.1 Å². The van der Waals surface area contributed by atoms with E-state index in [1.54, 1.807) is 4.31 Å². The van der Waals surface area contributed by atoms with Crippen molar-refractivity contribution < 1.29 is 8.42 Å². The Morgan fingerprint density at radius 2 is 1.93 bits per heavy atom. The van der Waals surface area contributed by atoms with E-state index in [4.69, 9.17) is 5.73 Å². The van der Waals surface area contributed by atoms with Gasteiger partial charge in [0.25, 0.3) is 0 Å². The minimum Gasteiger partial charge on any atom is -0.329 e. The fraction of sp³-hybridized carbons (Fsp3) is 1.00. The van der Waals surface area contributed by atoms with Crippen LogP contribution in [0.1, 0.15) is 33.1 Å². The fourth-order valence-corrected chi connectivity index (χ4v) is 3.63. The largest absolute Gasteiger partial charge is 0.329 e. The second-order valence-corrected chi connectivity index (χ2v) is 6.48. The van der Waals surface area contributed by atoms with Gasteiger partial charge in [-0.2, -0.15) is 0 Å². The summed E-state index contributed by atoms with van der Waals surface area (Å²) in [6.45, 7) is 5.85. The number of hydrogen-bond acceptors (Lipinski definition) is 3. The van der Waals surface area contributed by atoms with Gasteiger partial charge in [0.05, 0.1) is 5.75 Å². The molecule has 0 aromatic heterocycles. The van der Waals surface area contributed by atoms with Gasteiger partial charge in [-0.1, -0.05) is 13.8 Å². The Bertz CT molecular complexity index is 297. The Morgan fingerprint density at radius 1 is 1.33 bits per heavy atom. The summed E-state index contributed by atoms with van der Waals surface area (Å²) in [6, 6.07) is 0. The summed E-state index contributed by atoms with van der Waals surface area (Å²) in [7, 11) is -3.09. The molecule has 0 saturated carbocycles. The molecular weight excluding hydrogens is 212 g/mol. The highest BCUT2D eigenvalue weighted by atomic mass is 32.2. The Morgan fingerprint density at radius 3 is 2.33 bits per heavy atom. The van der Waals surface area contributed by atoms with Crippen LogP contribution in [0, 0.1) is 5.41 Å². The standard InChI is InChI=1S/C10H22N2O2S/c1-3-10(4-2)5-7-12(9-10)15(13,14)8-6-11/h3-9,11H2,1-2H3. The number of sulfonamides is 1. The molecule has 0 aromatic rings. The van der Waals surface area contributed by atoms with E-state index in [-0.39, 0.29) is 17.7 Å². The predicted octanol–water partition coefficient (Wildman–Crippen LogP) is 0.787. The molecule has 1 aliphatic rings. The first-order valence-corrected chi connectivity index (χ1v) is 7.28. The molecule has 0 aliphatic carbocycles. The van der Waals surface area contributed by atoms with Crippen molar-refractivity contribution in [2.75, 3.05) is 25.4 Å². The first-order valence-electron chi connectivity index (χ1n) is 5.67. The molecule has 0 atom stereocenters. The van der Waals surface area contributed by atoms with Crippen molar-refractivity contribution in [2.24, 2.45) is 11.1 Å². The molecule has 0 spiro atoms. The van der Waals surface area contributed by atoms with Crippen molar-refractivity contribution in [3.8, 4) is 0 Å². The monoisotopic (exact) mass is 234 g/mol. The molecule has 0 aromatic carbocycles. The van der Waals surface area contributed by atoms with E-state index in [2.05, 4.69) is 13.8 Å². The molecule has 5 heteroatoms. The van der Waals surface area contributed by atoms with Crippen LogP contribution in [-0.2, 0) is 10.0 Å². The van der Waals surface area contributed by atoms with E-state index >= 15 is 0 Å². The fourth-order valence-electron chi connectivity index (χ4n) is 2.24. The Hall–Kier alpha value is -0.130. The molecule has 1 rings (SSSR count). The number of nitrogens with two attached hydrogens (primary N) is 1. The maximum Gasteiger partial charge on any atom is 0.215 e. The third-order valence-corrected chi connectivity index (χ3v) is 5.52. The summed E-state index contributed by atoms with van der Waals surface area (Å²) in [5.74, 6) is 0.0799. The number of nitrogens with zero attached hydrogens (tertiary/aromatic N) is 1. The van der Waals surface area contributed by atoms with Crippen LogP contribution in [-0.4, -0.2) is 38.1 Å². The van der Waals surface area contributed by atoms with Gasteiger partial charge < -0.3 is 5.73 Å². The van der Waals surface area contributed by atoms with Crippen LogP contribution in [0.25, 0.3) is 0 Å². The SMILES string of the molecule is CCC1(CC)CCN(S(=O)(=O)CCN)C1. The van der Waals surface area contributed by atoms with Crippen LogP contribution in [0.5, 0.6) is 0 Å². The molecule has 2 N–H and O–H groups in total. The zero-order valence-electron chi connectivity index (χ0n) is 9.70. The average molecular weight is 234 g/mol. The molecule has 1 heterocycles. The first kappa shape index (κ1) is 12.9. The molecule has 0 radical (unpaired) electrons. The summed E-state index contributed by atoms with van der Waals surface area (Å²) in [5.41, 5.74) is 5.52. The molecule has 15 heavy (non-hydrogen) atoms. The number of hydrogen-bond donors (Lipinski definition) is 1. The third-order valence-electron chi connectivity index (χ3n) is 3.67. The highest BCUT2D eigenvalue weighted by molar-refractivity contribution is 7.89. The van der Waals surface area contributed by atoms with Crippen LogP contribution < -0.4 is 5.73 Å². The molecule has 1 aliphatic heterocycles. The summed E-state index contributed by atoms with van der Waals surface area (Å²) in [6.07, 6.45) is 3.10. The van der Waals surface area contributed by atoms with Crippen LogP contribution >= 0.6 is 0 Å². The summed E-state index contributed by atoms with van der Waals surface area (Å²) < 4.78 is 25.2. The van der Waals surface area contributed by atoms with E-state index in [1.165, 1.54) is 0 Å². The lowest BCUT2D eigenvalue weighted by molar-refractivity contribution is 0.279. The normalized spacial score (nSPS) is 22.1. The quantitative estimate of drug-likeness (QED) is 0.765. The second-order valence-electron chi connectivity index (χ2n) is 4.40. The maximum atomic E-state index is 11.8. The van der Waals surface area contributed by atoms with Gasteiger partial charge in [-0.05, 0) is 24.7 Å². The smallest absolute Gasteiger partial charge is 0.215 e. The maximum absolute atomic E-state index is 11.8. The van der Waals surface area contributed by atoms with Gasteiger partial charge in [-0.15, -0.1) is 0 Å². The highest BCUT2D eigenvalue weighted by Gasteiger charge is 2.39. The van der Waals surface area contributed by atoms with E-state index in [1.807, 2.05) is 0 Å². The topological polar surface area (TPSA) is 63.4 Å². The van der Waals surface area contributed by atoms with Crippen molar-refractivity contribution in [1.82, 2.24) is 4.31 Å². The van der Waals surface area contributed by atoms with Gasteiger partial charge in [0, 0.05) is 19.6 Å². The summed E-state index contributed by atoms with van der Waals surface area (Å²) >= 11 is 0. The van der Waals surface area contributed by atoms with Gasteiger partial charge in [-0.25, -0.2) is 12.7 Å². The minimum absolute atomic E-state index is 0.0799. The Labute approximate surface area is 92.9 Å². The molecule has 1 saturated heterocycles. The van der Waals surface area contributed by atoms with E-state index in [0.717, 1.165) is 19.3 Å². The van der Waals surface area contributed by atoms with Crippen molar-refractivity contribution in [1.29, 1.82) is 0 Å². The molecule has 90 valence electrons. The van der Waals surface area contributed by atoms with Crippen molar-refractivity contribution in [3.63, 3.8) is 0 Å². The Kier molecular flexibility index (Phi) is 4.14. The zero-order valence-corrected chi connectivity index (χ0v) is 10.5. The van der Waals surface area contributed by atoms with Gasteiger partial charge in [-0.3, -0.25) is 0 Å². The lowest BCUT2D eigenvalue weighted by Gasteiger charge is -2.26. The average Bonchev–Trinajstić information content (AvgIpc) is 2.63. The lowest BCUT2D eigenvalue weighted by Crippen LogP contribution is -2.35. The van der Waals surface area contributed by atoms with Crippen LogP contribution in [0.3, 0.4) is 0 Å². The lowest BCUT2D eigenvalue weighted by atomic mass is 9.82. The van der Waals surface area contributed by atoms with Gasteiger partial charge in [0.15, 0.2) is 0 Å². The first-order chi connectivity index (χ1) is 6.99. The summed E-state index contributed by atoms with van der Waals surface area (Å²) in [5, 5.41) is 0.